The van der Waals surface area contributed by atoms with Gasteiger partial charge in [0, 0.05) is 37.9 Å². The van der Waals surface area contributed by atoms with Gasteiger partial charge in [-0.25, -0.2) is 4.63 Å². The molecule has 0 aromatic carbocycles. The number of carbonyl (C=O) groups excluding carboxylic acids is 1. The summed E-state index contributed by atoms with van der Waals surface area (Å²) in [6.45, 7) is 4.64. The minimum Gasteiger partial charge on any atom is -0.349 e. The zero-order valence-corrected chi connectivity index (χ0v) is 12.8. The number of amides is 1. The molecule has 3 aromatic rings. The zero-order valence-electron chi connectivity index (χ0n) is 12.8. The maximum Gasteiger partial charge on any atom is 0.270 e. The van der Waals surface area contributed by atoms with E-state index in [9.17, 15) is 4.79 Å². The molecule has 0 spiro atoms. The van der Waals surface area contributed by atoms with E-state index in [1.54, 1.807) is 0 Å². The third-order valence-electron chi connectivity index (χ3n) is 4.28. The van der Waals surface area contributed by atoms with Crippen molar-refractivity contribution >= 4 is 17.2 Å². The maximum atomic E-state index is 12.8. The van der Waals surface area contributed by atoms with E-state index in [1.165, 1.54) is 0 Å². The summed E-state index contributed by atoms with van der Waals surface area (Å²) in [4.78, 5) is 16.8. The molecule has 1 aliphatic heterocycles. The van der Waals surface area contributed by atoms with Crippen LogP contribution in [-0.2, 0) is 0 Å². The normalized spacial score (nSPS) is 15.3. The number of hydrogen-bond acceptors (Lipinski definition) is 5. The highest BCUT2D eigenvalue weighted by atomic mass is 16.6. The molecule has 0 aliphatic carbocycles. The Kier molecular flexibility index (Phi) is 3.25. The Morgan fingerprint density at radius 3 is 2.65 bits per heavy atom. The number of carbonyl (C=O) groups is 1. The molecule has 1 amide bonds. The van der Waals surface area contributed by atoms with E-state index in [1.807, 2.05) is 52.8 Å². The number of aryl methyl sites for hydroxylation is 1. The predicted molar refractivity (Wildman–Crippen MR) is 84.5 cm³/mol. The molecule has 0 atom stereocenters. The number of hydrogen-bond donors (Lipinski definition) is 0. The Morgan fingerprint density at radius 2 is 1.91 bits per heavy atom. The van der Waals surface area contributed by atoms with Gasteiger partial charge < -0.3 is 14.2 Å². The van der Waals surface area contributed by atoms with Gasteiger partial charge in [-0.3, -0.25) is 4.79 Å². The Hall–Kier alpha value is -2.83. The standard InChI is InChI=1S/C16H17N5O2/c1-12-15(18-23-17-12)19-8-10-20(11-9-19)16(22)14-6-5-13-4-2-3-7-21(13)14/h2-7H,8-11H2,1H3. The lowest BCUT2D eigenvalue weighted by atomic mass is 10.2. The molecule has 118 valence electrons. The first-order chi connectivity index (χ1) is 11.2. The summed E-state index contributed by atoms with van der Waals surface area (Å²) in [5.41, 5.74) is 2.51. The number of pyridine rings is 1. The summed E-state index contributed by atoms with van der Waals surface area (Å²) in [7, 11) is 0. The van der Waals surface area contributed by atoms with Crippen molar-refractivity contribution in [3.05, 3.63) is 47.9 Å². The number of rotatable bonds is 2. The van der Waals surface area contributed by atoms with E-state index in [4.69, 9.17) is 4.63 Å². The molecule has 0 unspecified atom stereocenters. The number of aromatic nitrogens is 3. The molecule has 1 fully saturated rings. The summed E-state index contributed by atoms with van der Waals surface area (Å²) >= 11 is 0. The van der Waals surface area contributed by atoms with Crippen LogP contribution in [0.1, 0.15) is 16.2 Å². The average molecular weight is 311 g/mol. The van der Waals surface area contributed by atoms with Gasteiger partial charge in [-0.15, -0.1) is 0 Å². The lowest BCUT2D eigenvalue weighted by molar-refractivity contribution is 0.0739. The zero-order chi connectivity index (χ0) is 15.8. The third-order valence-corrected chi connectivity index (χ3v) is 4.28. The van der Waals surface area contributed by atoms with Crippen LogP contribution in [-0.4, -0.2) is 51.7 Å². The fourth-order valence-electron chi connectivity index (χ4n) is 3.03. The van der Waals surface area contributed by atoms with E-state index in [0.29, 0.717) is 18.8 Å². The number of anilines is 1. The molecule has 23 heavy (non-hydrogen) atoms. The van der Waals surface area contributed by atoms with Gasteiger partial charge in [0.2, 0.25) is 0 Å². The van der Waals surface area contributed by atoms with Gasteiger partial charge in [0.25, 0.3) is 5.91 Å². The van der Waals surface area contributed by atoms with Crippen LogP contribution < -0.4 is 4.90 Å². The minimum absolute atomic E-state index is 0.0610. The number of nitrogens with zero attached hydrogens (tertiary/aromatic N) is 5. The van der Waals surface area contributed by atoms with Crippen molar-refractivity contribution in [2.45, 2.75) is 6.92 Å². The first kappa shape index (κ1) is 13.8. The van der Waals surface area contributed by atoms with Crippen molar-refractivity contribution in [2.75, 3.05) is 31.1 Å². The van der Waals surface area contributed by atoms with Crippen molar-refractivity contribution in [2.24, 2.45) is 0 Å². The molecule has 3 aromatic heterocycles. The Morgan fingerprint density at radius 1 is 1.09 bits per heavy atom. The van der Waals surface area contributed by atoms with Gasteiger partial charge >= 0.3 is 0 Å². The summed E-state index contributed by atoms with van der Waals surface area (Å²) in [5.74, 6) is 0.830. The van der Waals surface area contributed by atoms with Crippen LogP contribution in [0.15, 0.2) is 41.2 Å². The highest BCUT2D eigenvalue weighted by molar-refractivity contribution is 5.94. The minimum atomic E-state index is 0.0610. The van der Waals surface area contributed by atoms with Gasteiger partial charge in [0.15, 0.2) is 5.82 Å². The highest BCUT2D eigenvalue weighted by Crippen LogP contribution is 2.18. The molecule has 4 heterocycles. The van der Waals surface area contributed by atoms with E-state index < -0.39 is 0 Å². The fraction of sp³-hybridized carbons (Fsp3) is 0.312. The average Bonchev–Trinajstić information content (AvgIpc) is 3.20. The SMILES string of the molecule is Cc1nonc1N1CCN(C(=O)c2ccc3ccccn23)CC1. The molecule has 7 heteroatoms. The molecule has 0 bridgehead atoms. The van der Waals surface area contributed by atoms with Gasteiger partial charge in [-0.05, 0) is 36.3 Å². The van der Waals surface area contributed by atoms with Crippen LogP contribution in [0.3, 0.4) is 0 Å². The second-order valence-corrected chi connectivity index (χ2v) is 5.67. The molecule has 7 nitrogen and oxygen atoms in total. The molecule has 1 saturated heterocycles. The van der Waals surface area contributed by atoms with Crippen LogP contribution in [0.4, 0.5) is 5.82 Å². The monoisotopic (exact) mass is 311 g/mol. The van der Waals surface area contributed by atoms with Crippen LogP contribution in [0.2, 0.25) is 0 Å². The number of piperazine rings is 1. The summed E-state index contributed by atoms with van der Waals surface area (Å²) in [6.07, 6.45) is 1.92. The molecule has 0 saturated carbocycles. The maximum absolute atomic E-state index is 12.8. The molecule has 0 radical (unpaired) electrons. The Labute approximate surface area is 133 Å². The molecule has 0 N–H and O–H groups in total. The molecule has 1 aliphatic rings. The van der Waals surface area contributed by atoms with Crippen LogP contribution in [0.5, 0.6) is 0 Å². The van der Waals surface area contributed by atoms with Gasteiger partial charge in [0.1, 0.15) is 11.4 Å². The van der Waals surface area contributed by atoms with Crippen molar-refractivity contribution in [1.29, 1.82) is 0 Å². The van der Waals surface area contributed by atoms with E-state index in [0.717, 1.165) is 30.1 Å². The quantitative estimate of drug-likeness (QED) is 0.719. The van der Waals surface area contributed by atoms with Crippen molar-refractivity contribution < 1.29 is 9.42 Å². The first-order valence-electron chi connectivity index (χ1n) is 7.63. The van der Waals surface area contributed by atoms with Gasteiger partial charge in [-0.2, -0.15) is 0 Å². The molecule has 4 rings (SSSR count). The van der Waals surface area contributed by atoms with Crippen molar-refractivity contribution in [3.8, 4) is 0 Å². The Bertz CT molecular complexity index is 845. The van der Waals surface area contributed by atoms with E-state index >= 15 is 0 Å². The summed E-state index contributed by atoms with van der Waals surface area (Å²) in [5, 5.41) is 7.74. The predicted octanol–water partition coefficient (Wildman–Crippen LogP) is 1.59. The lowest BCUT2D eigenvalue weighted by Crippen LogP contribution is -2.49. The molecular formula is C16H17N5O2. The second kappa shape index (κ2) is 5.42. The number of fused-ring (bicyclic) bond motifs is 1. The lowest BCUT2D eigenvalue weighted by Gasteiger charge is -2.34. The highest BCUT2D eigenvalue weighted by Gasteiger charge is 2.26. The molecular weight excluding hydrogens is 294 g/mol. The van der Waals surface area contributed by atoms with Crippen LogP contribution >= 0.6 is 0 Å². The van der Waals surface area contributed by atoms with Gasteiger partial charge in [-0.1, -0.05) is 11.2 Å². The third kappa shape index (κ3) is 2.34. The summed E-state index contributed by atoms with van der Waals surface area (Å²) < 4.78 is 6.69. The second-order valence-electron chi connectivity index (χ2n) is 5.67. The smallest absolute Gasteiger partial charge is 0.270 e. The van der Waals surface area contributed by atoms with Gasteiger partial charge in [0.05, 0.1) is 0 Å². The fourth-order valence-corrected chi connectivity index (χ4v) is 3.03. The largest absolute Gasteiger partial charge is 0.349 e. The van der Waals surface area contributed by atoms with E-state index in [-0.39, 0.29) is 5.91 Å². The van der Waals surface area contributed by atoms with Crippen molar-refractivity contribution in [1.82, 2.24) is 19.6 Å². The topological polar surface area (TPSA) is 66.9 Å². The van der Waals surface area contributed by atoms with E-state index in [2.05, 4.69) is 15.2 Å². The van der Waals surface area contributed by atoms with Crippen LogP contribution in [0, 0.1) is 6.92 Å². The Balaban J connectivity index is 1.50. The summed E-state index contributed by atoms with van der Waals surface area (Å²) in [6, 6.07) is 9.75. The van der Waals surface area contributed by atoms with Crippen molar-refractivity contribution in [3.63, 3.8) is 0 Å². The first-order valence-corrected chi connectivity index (χ1v) is 7.63. The van der Waals surface area contributed by atoms with Crippen LogP contribution in [0.25, 0.3) is 5.52 Å².